The molecule has 5 heteroatoms. The van der Waals surface area contributed by atoms with Crippen LogP contribution in [-0.2, 0) is 6.42 Å². The standard InChI is InChI=1S/C15H15IN2OS/c16-14-8-11-12(5-2-6-13(11)20-14)18-10-4-1-3-9(7-10)15(17)19/h1,3-4,7-8,12,18H,2,5-6H2,(H2,17,19). The lowest BCUT2D eigenvalue weighted by Crippen LogP contribution is -2.16. The third-order valence-corrected chi connectivity index (χ3v) is 5.54. The zero-order valence-corrected chi connectivity index (χ0v) is 13.8. The van der Waals surface area contributed by atoms with E-state index in [1.165, 1.54) is 26.2 Å². The molecule has 2 aromatic rings. The molecule has 0 bridgehead atoms. The Morgan fingerprint density at radius 2 is 2.25 bits per heavy atom. The van der Waals surface area contributed by atoms with Gasteiger partial charge in [0.1, 0.15) is 0 Å². The highest BCUT2D eigenvalue weighted by Crippen LogP contribution is 2.38. The maximum Gasteiger partial charge on any atom is 0.248 e. The number of primary amides is 1. The number of carbonyl (C=O) groups is 1. The van der Waals surface area contributed by atoms with E-state index in [0.717, 1.165) is 12.1 Å². The molecule has 0 aliphatic heterocycles. The molecule has 1 atom stereocenters. The van der Waals surface area contributed by atoms with Gasteiger partial charge in [0.25, 0.3) is 0 Å². The van der Waals surface area contributed by atoms with Crippen LogP contribution < -0.4 is 11.1 Å². The zero-order chi connectivity index (χ0) is 14.1. The predicted octanol–water partition coefficient (Wildman–Crippen LogP) is 3.94. The van der Waals surface area contributed by atoms with E-state index in [-0.39, 0.29) is 5.91 Å². The first kappa shape index (κ1) is 13.9. The Morgan fingerprint density at radius 3 is 3.05 bits per heavy atom. The molecule has 1 aliphatic rings. The van der Waals surface area contributed by atoms with E-state index in [9.17, 15) is 4.79 Å². The fourth-order valence-electron chi connectivity index (χ4n) is 2.63. The lowest BCUT2D eigenvalue weighted by molar-refractivity contribution is 0.100. The van der Waals surface area contributed by atoms with Crippen LogP contribution in [0.15, 0.2) is 30.3 Å². The predicted molar refractivity (Wildman–Crippen MR) is 91.3 cm³/mol. The number of hydrogen-bond donors (Lipinski definition) is 2. The molecule has 1 unspecified atom stereocenters. The van der Waals surface area contributed by atoms with Gasteiger partial charge in [0.2, 0.25) is 5.91 Å². The lowest BCUT2D eigenvalue weighted by Gasteiger charge is -2.24. The second-order valence-corrected chi connectivity index (χ2v) is 7.99. The fourth-order valence-corrected chi connectivity index (χ4v) is 4.75. The largest absolute Gasteiger partial charge is 0.378 e. The summed E-state index contributed by atoms with van der Waals surface area (Å²) in [6.45, 7) is 0. The maximum absolute atomic E-state index is 11.2. The molecule has 3 N–H and O–H groups in total. The number of nitrogens with two attached hydrogens (primary N) is 1. The number of fused-ring (bicyclic) bond motifs is 1. The lowest BCUT2D eigenvalue weighted by atomic mass is 9.94. The zero-order valence-electron chi connectivity index (χ0n) is 10.9. The van der Waals surface area contributed by atoms with Gasteiger partial charge in [0.05, 0.1) is 8.93 Å². The monoisotopic (exact) mass is 398 g/mol. The number of halogens is 1. The number of anilines is 1. The molecular weight excluding hydrogens is 383 g/mol. The van der Waals surface area contributed by atoms with Crippen LogP contribution in [0.2, 0.25) is 0 Å². The molecule has 0 saturated carbocycles. The van der Waals surface area contributed by atoms with Gasteiger partial charge in [-0.05, 0) is 71.7 Å². The average molecular weight is 398 g/mol. The van der Waals surface area contributed by atoms with E-state index in [1.54, 1.807) is 6.07 Å². The first-order valence-corrected chi connectivity index (χ1v) is 8.47. The Bertz CT molecular complexity index is 653. The van der Waals surface area contributed by atoms with Crippen molar-refractivity contribution in [1.82, 2.24) is 0 Å². The van der Waals surface area contributed by atoms with Crippen molar-refractivity contribution < 1.29 is 4.79 Å². The molecule has 104 valence electrons. The average Bonchev–Trinajstić information content (AvgIpc) is 2.80. The van der Waals surface area contributed by atoms with Crippen molar-refractivity contribution in [1.29, 1.82) is 0 Å². The molecular formula is C15H15IN2OS. The first-order valence-electron chi connectivity index (χ1n) is 6.58. The van der Waals surface area contributed by atoms with Crippen molar-refractivity contribution in [3.05, 3.63) is 49.2 Å². The summed E-state index contributed by atoms with van der Waals surface area (Å²) >= 11 is 4.27. The third-order valence-electron chi connectivity index (χ3n) is 3.57. The minimum Gasteiger partial charge on any atom is -0.378 e. The van der Waals surface area contributed by atoms with Gasteiger partial charge in [0.15, 0.2) is 0 Å². The Morgan fingerprint density at radius 1 is 1.40 bits per heavy atom. The highest BCUT2D eigenvalue weighted by Gasteiger charge is 2.22. The molecule has 0 radical (unpaired) electrons. The Labute approximate surface area is 135 Å². The third kappa shape index (κ3) is 2.83. The van der Waals surface area contributed by atoms with Crippen LogP contribution in [0.25, 0.3) is 0 Å². The van der Waals surface area contributed by atoms with Gasteiger partial charge >= 0.3 is 0 Å². The van der Waals surface area contributed by atoms with Crippen molar-refractivity contribution in [3.63, 3.8) is 0 Å². The molecule has 20 heavy (non-hydrogen) atoms. The van der Waals surface area contributed by atoms with Crippen molar-refractivity contribution in [2.45, 2.75) is 25.3 Å². The highest BCUT2D eigenvalue weighted by molar-refractivity contribution is 14.1. The van der Waals surface area contributed by atoms with Crippen LogP contribution in [0.4, 0.5) is 5.69 Å². The van der Waals surface area contributed by atoms with Gasteiger partial charge in [-0.25, -0.2) is 0 Å². The van der Waals surface area contributed by atoms with Crippen molar-refractivity contribution in [2.24, 2.45) is 5.73 Å². The Balaban J connectivity index is 1.85. The van der Waals surface area contributed by atoms with Crippen LogP contribution in [0, 0.1) is 2.88 Å². The van der Waals surface area contributed by atoms with E-state index < -0.39 is 0 Å². The quantitative estimate of drug-likeness (QED) is 0.770. The molecule has 1 aromatic heterocycles. The van der Waals surface area contributed by atoms with Gasteiger partial charge in [-0.15, -0.1) is 11.3 Å². The molecule has 3 nitrogen and oxygen atoms in total. The van der Waals surface area contributed by atoms with E-state index in [0.29, 0.717) is 11.6 Å². The van der Waals surface area contributed by atoms with Crippen molar-refractivity contribution >= 4 is 45.5 Å². The summed E-state index contributed by atoms with van der Waals surface area (Å²) in [7, 11) is 0. The normalized spacial score (nSPS) is 17.6. The van der Waals surface area contributed by atoms with Gasteiger partial charge in [-0.2, -0.15) is 0 Å². The minimum atomic E-state index is -0.386. The molecule has 1 aliphatic carbocycles. The molecule has 1 aromatic carbocycles. The Kier molecular flexibility index (Phi) is 3.98. The van der Waals surface area contributed by atoms with Gasteiger partial charge in [-0.3, -0.25) is 4.79 Å². The summed E-state index contributed by atoms with van der Waals surface area (Å²) in [5, 5.41) is 3.54. The molecule has 0 spiro atoms. The van der Waals surface area contributed by atoms with Gasteiger partial charge in [-0.1, -0.05) is 6.07 Å². The second kappa shape index (κ2) is 5.73. The number of nitrogens with one attached hydrogen (secondary N) is 1. The number of amides is 1. The van der Waals surface area contributed by atoms with Gasteiger partial charge < -0.3 is 11.1 Å². The van der Waals surface area contributed by atoms with Crippen LogP contribution in [-0.4, -0.2) is 5.91 Å². The molecule has 0 fully saturated rings. The molecule has 1 amide bonds. The topological polar surface area (TPSA) is 55.1 Å². The van der Waals surface area contributed by atoms with Crippen LogP contribution in [0.5, 0.6) is 0 Å². The van der Waals surface area contributed by atoms with E-state index in [2.05, 4.69) is 34.0 Å². The maximum atomic E-state index is 11.2. The number of carbonyl (C=O) groups excluding carboxylic acids is 1. The SMILES string of the molecule is NC(=O)c1cccc(NC2CCCc3sc(I)cc32)c1. The summed E-state index contributed by atoms with van der Waals surface area (Å²) in [5.41, 5.74) is 8.25. The first-order chi connectivity index (χ1) is 9.63. The second-order valence-electron chi connectivity index (χ2n) is 4.96. The Hall–Kier alpha value is -1.08. The fraction of sp³-hybridized carbons (Fsp3) is 0.267. The van der Waals surface area contributed by atoms with Crippen molar-refractivity contribution in [2.75, 3.05) is 5.32 Å². The summed E-state index contributed by atoms with van der Waals surface area (Å²) in [6, 6.07) is 10.0. The molecule has 0 saturated heterocycles. The number of hydrogen-bond acceptors (Lipinski definition) is 3. The van der Waals surface area contributed by atoms with E-state index in [4.69, 9.17) is 5.73 Å². The number of thiophene rings is 1. The minimum absolute atomic E-state index is 0.335. The number of rotatable bonds is 3. The van der Waals surface area contributed by atoms with Gasteiger partial charge in [0, 0.05) is 16.1 Å². The van der Waals surface area contributed by atoms with Crippen LogP contribution in [0.3, 0.4) is 0 Å². The summed E-state index contributed by atoms with van der Waals surface area (Å²) in [5.74, 6) is -0.386. The highest BCUT2D eigenvalue weighted by atomic mass is 127. The summed E-state index contributed by atoms with van der Waals surface area (Å²) < 4.78 is 1.34. The van der Waals surface area contributed by atoms with Crippen LogP contribution in [0.1, 0.15) is 39.7 Å². The number of benzene rings is 1. The smallest absolute Gasteiger partial charge is 0.248 e. The van der Waals surface area contributed by atoms with Crippen LogP contribution >= 0.6 is 33.9 Å². The molecule has 1 heterocycles. The number of aryl methyl sites for hydroxylation is 1. The van der Waals surface area contributed by atoms with E-state index in [1.807, 2.05) is 29.5 Å². The van der Waals surface area contributed by atoms with Crippen molar-refractivity contribution in [3.8, 4) is 0 Å². The van der Waals surface area contributed by atoms with E-state index >= 15 is 0 Å². The summed E-state index contributed by atoms with van der Waals surface area (Å²) in [6.07, 6.45) is 3.51. The summed E-state index contributed by atoms with van der Waals surface area (Å²) in [4.78, 5) is 12.7. The molecule has 3 rings (SSSR count).